The minimum absolute atomic E-state index is 0.0205. The molecule has 0 aliphatic carbocycles. The molecule has 2 nitrogen and oxygen atoms in total. The largest absolute Gasteiger partial charge is 0.236 e. The number of aromatic nitrogens is 2. The van der Waals surface area contributed by atoms with E-state index in [1.54, 1.807) is 11.3 Å². The summed E-state index contributed by atoms with van der Waals surface area (Å²) >= 11 is 10.1. The van der Waals surface area contributed by atoms with Crippen LogP contribution in [-0.2, 0) is 11.8 Å². The van der Waals surface area contributed by atoms with Crippen LogP contribution >= 0.6 is 45.5 Å². The Bertz CT molecular complexity index is 547. The highest BCUT2D eigenvalue weighted by atomic mass is 127. The van der Waals surface area contributed by atoms with Crippen LogP contribution in [0.4, 0.5) is 0 Å². The first-order chi connectivity index (χ1) is 8.38. The molecule has 0 radical (unpaired) electrons. The molecule has 0 aliphatic heterocycles. The van der Waals surface area contributed by atoms with Gasteiger partial charge in [-0.1, -0.05) is 38.4 Å². The Morgan fingerprint density at radius 2 is 2.06 bits per heavy atom. The Labute approximate surface area is 130 Å². The van der Waals surface area contributed by atoms with Gasteiger partial charge in [0.25, 0.3) is 0 Å². The van der Waals surface area contributed by atoms with Gasteiger partial charge >= 0.3 is 0 Å². The summed E-state index contributed by atoms with van der Waals surface area (Å²) in [5.41, 5.74) is 1.00. The van der Waals surface area contributed by atoms with Gasteiger partial charge in [-0.25, -0.2) is 9.97 Å². The predicted molar refractivity (Wildman–Crippen MR) is 85.6 cm³/mol. The Morgan fingerprint density at radius 3 is 2.61 bits per heavy atom. The van der Waals surface area contributed by atoms with Crippen molar-refractivity contribution in [1.82, 2.24) is 9.97 Å². The van der Waals surface area contributed by atoms with Crippen LogP contribution in [0, 0.1) is 3.57 Å². The van der Waals surface area contributed by atoms with E-state index in [1.807, 2.05) is 6.07 Å². The molecule has 5 heteroatoms. The van der Waals surface area contributed by atoms with Crippen LogP contribution in [0.2, 0.25) is 5.15 Å². The smallest absolute Gasteiger partial charge is 0.146 e. The lowest BCUT2D eigenvalue weighted by molar-refractivity contribution is 0.558. The van der Waals surface area contributed by atoms with Crippen molar-refractivity contribution in [3.8, 4) is 0 Å². The van der Waals surface area contributed by atoms with Crippen molar-refractivity contribution in [3.05, 3.63) is 42.6 Å². The van der Waals surface area contributed by atoms with Crippen molar-refractivity contribution < 1.29 is 0 Å². The predicted octanol–water partition coefficient (Wildman–Crippen LogP) is 4.68. The summed E-state index contributed by atoms with van der Waals surface area (Å²) in [7, 11) is 0. The lowest BCUT2D eigenvalue weighted by Gasteiger charge is -2.20. The van der Waals surface area contributed by atoms with Crippen molar-refractivity contribution >= 4 is 45.5 Å². The van der Waals surface area contributed by atoms with Gasteiger partial charge in [0.05, 0.1) is 9.26 Å². The van der Waals surface area contributed by atoms with Crippen LogP contribution in [0.5, 0.6) is 0 Å². The zero-order chi connectivity index (χ0) is 13.3. The summed E-state index contributed by atoms with van der Waals surface area (Å²) in [4.78, 5) is 10.3. The second-order valence-corrected chi connectivity index (χ2v) is 7.57. The molecule has 0 atom stereocenters. The molecule has 0 saturated carbocycles. The van der Waals surface area contributed by atoms with Crippen LogP contribution in [0.25, 0.3) is 0 Å². The molecular formula is C13H14ClIN2S. The molecule has 0 bridgehead atoms. The number of hydrogen-bond donors (Lipinski definition) is 0. The molecule has 96 valence electrons. The zero-order valence-corrected chi connectivity index (χ0v) is 14.2. The molecule has 0 N–H and O–H groups in total. The molecule has 0 saturated heterocycles. The Morgan fingerprint density at radius 1 is 1.33 bits per heavy atom. The second kappa shape index (κ2) is 5.43. The number of thiophene rings is 1. The SMILES string of the molecule is CC(C)(C)c1nc(Cc2cccs2)nc(Cl)c1I. The Kier molecular flexibility index (Phi) is 4.29. The van der Waals surface area contributed by atoms with Gasteiger partial charge in [-0.2, -0.15) is 0 Å². The lowest BCUT2D eigenvalue weighted by atomic mass is 9.92. The van der Waals surface area contributed by atoms with E-state index in [4.69, 9.17) is 11.6 Å². The fourth-order valence-electron chi connectivity index (χ4n) is 1.61. The van der Waals surface area contributed by atoms with Crippen molar-refractivity contribution in [3.63, 3.8) is 0 Å². The first kappa shape index (κ1) is 14.2. The Balaban J connectivity index is 2.41. The number of halogens is 2. The molecule has 2 rings (SSSR count). The number of nitrogens with zero attached hydrogens (tertiary/aromatic N) is 2. The van der Waals surface area contributed by atoms with E-state index in [1.165, 1.54) is 4.88 Å². The van der Waals surface area contributed by atoms with Crippen LogP contribution in [-0.4, -0.2) is 9.97 Å². The topological polar surface area (TPSA) is 25.8 Å². The van der Waals surface area contributed by atoms with Gasteiger partial charge in [0.15, 0.2) is 0 Å². The zero-order valence-electron chi connectivity index (χ0n) is 10.5. The van der Waals surface area contributed by atoms with Gasteiger partial charge in [0, 0.05) is 16.7 Å². The summed E-state index contributed by atoms with van der Waals surface area (Å²) in [6.45, 7) is 6.42. The maximum absolute atomic E-state index is 6.21. The van der Waals surface area contributed by atoms with Crippen LogP contribution in [0.1, 0.15) is 37.2 Å². The molecule has 18 heavy (non-hydrogen) atoms. The highest BCUT2D eigenvalue weighted by Crippen LogP contribution is 2.29. The monoisotopic (exact) mass is 392 g/mol. The van der Waals surface area contributed by atoms with Gasteiger partial charge < -0.3 is 0 Å². The average molecular weight is 393 g/mol. The standard InChI is InChI=1S/C13H14ClIN2S/c1-13(2,3)11-10(15)12(14)17-9(16-11)7-8-5-4-6-18-8/h4-6H,7H2,1-3H3. The third kappa shape index (κ3) is 3.22. The third-order valence-corrected chi connectivity index (χ3v) is 4.97. The van der Waals surface area contributed by atoms with Crippen LogP contribution in [0.15, 0.2) is 17.5 Å². The molecule has 2 aromatic rings. The van der Waals surface area contributed by atoms with Crippen LogP contribution in [0.3, 0.4) is 0 Å². The van der Waals surface area contributed by atoms with Gasteiger partial charge in [-0.3, -0.25) is 0 Å². The second-order valence-electron chi connectivity index (χ2n) is 5.10. The summed E-state index contributed by atoms with van der Waals surface area (Å²) in [6, 6.07) is 4.13. The van der Waals surface area contributed by atoms with E-state index in [2.05, 4.69) is 64.8 Å². The highest BCUT2D eigenvalue weighted by Gasteiger charge is 2.22. The normalized spacial score (nSPS) is 11.8. The fourth-order valence-corrected chi connectivity index (χ4v) is 3.55. The lowest BCUT2D eigenvalue weighted by Crippen LogP contribution is -2.18. The van der Waals surface area contributed by atoms with E-state index in [9.17, 15) is 0 Å². The summed E-state index contributed by atoms with van der Waals surface area (Å²) in [5.74, 6) is 0.799. The van der Waals surface area contributed by atoms with Gasteiger partial charge in [0.1, 0.15) is 11.0 Å². The first-order valence-corrected chi connectivity index (χ1v) is 7.96. The fraction of sp³-hybridized carbons (Fsp3) is 0.385. The van der Waals surface area contributed by atoms with Crippen molar-refractivity contribution in [2.24, 2.45) is 0 Å². The van der Waals surface area contributed by atoms with Crippen molar-refractivity contribution in [2.45, 2.75) is 32.6 Å². The molecule has 0 aliphatic rings. The maximum Gasteiger partial charge on any atom is 0.146 e. The van der Waals surface area contributed by atoms with Crippen molar-refractivity contribution in [2.75, 3.05) is 0 Å². The maximum atomic E-state index is 6.21. The number of hydrogen-bond acceptors (Lipinski definition) is 3. The first-order valence-electron chi connectivity index (χ1n) is 5.62. The summed E-state index contributed by atoms with van der Waals surface area (Å²) < 4.78 is 0.955. The minimum atomic E-state index is -0.0205. The number of rotatable bonds is 2. The molecule has 2 aromatic heterocycles. The minimum Gasteiger partial charge on any atom is -0.236 e. The molecule has 2 heterocycles. The highest BCUT2D eigenvalue weighted by molar-refractivity contribution is 14.1. The van der Waals surface area contributed by atoms with E-state index >= 15 is 0 Å². The molecule has 0 aromatic carbocycles. The summed E-state index contributed by atoms with van der Waals surface area (Å²) in [6.07, 6.45) is 0.747. The third-order valence-electron chi connectivity index (χ3n) is 2.48. The van der Waals surface area contributed by atoms with E-state index < -0.39 is 0 Å². The van der Waals surface area contributed by atoms with E-state index in [-0.39, 0.29) is 5.41 Å². The van der Waals surface area contributed by atoms with Crippen molar-refractivity contribution in [1.29, 1.82) is 0 Å². The van der Waals surface area contributed by atoms with Gasteiger partial charge in [-0.05, 0) is 34.0 Å². The molecule has 0 fully saturated rings. The molecular weight excluding hydrogens is 379 g/mol. The average Bonchev–Trinajstić information content (AvgIpc) is 2.74. The van der Waals surface area contributed by atoms with E-state index in [0.717, 1.165) is 21.5 Å². The van der Waals surface area contributed by atoms with Gasteiger partial charge in [-0.15, -0.1) is 11.3 Å². The summed E-state index contributed by atoms with van der Waals surface area (Å²) in [5, 5.41) is 2.62. The van der Waals surface area contributed by atoms with Gasteiger partial charge in [0.2, 0.25) is 0 Å². The molecule has 0 amide bonds. The quantitative estimate of drug-likeness (QED) is 0.547. The van der Waals surface area contributed by atoms with E-state index in [0.29, 0.717) is 5.15 Å². The molecule has 0 spiro atoms. The molecule has 0 unspecified atom stereocenters. The Hall–Kier alpha value is -0.200. The van der Waals surface area contributed by atoms with Crippen LogP contribution < -0.4 is 0 Å².